The Kier molecular flexibility index (Phi) is 3.53. The second kappa shape index (κ2) is 4.97. The average Bonchev–Trinajstić information content (AvgIpc) is 2.32. The van der Waals surface area contributed by atoms with Crippen LogP contribution in [-0.4, -0.2) is 8.42 Å². The minimum absolute atomic E-state index is 0.256. The smallest absolute Gasteiger partial charge is 0.182 e. The summed E-state index contributed by atoms with van der Waals surface area (Å²) in [6.45, 7) is 0. The first-order valence-corrected chi connectivity index (χ1v) is 7.06. The number of nitrogens with two attached hydrogens (primary N) is 1. The minimum Gasteiger partial charge on any atom is -0.399 e. The van der Waals surface area contributed by atoms with Crippen LogP contribution in [0, 0.1) is 11.6 Å². The Labute approximate surface area is 109 Å². The largest absolute Gasteiger partial charge is 0.399 e. The highest BCUT2D eigenvalue weighted by atomic mass is 32.2. The Bertz CT molecular complexity index is 714. The highest BCUT2D eigenvalue weighted by Gasteiger charge is 2.17. The monoisotopic (exact) mass is 283 g/mol. The summed E-state index contributed by atoms with van der Waals surface area (Å²) in [5.41, 5.74) is 6.49. The van der Waals surface area contributed by atoms with Crippen LogP contribution in [0.25, 0.3) is 0 Å². The lowest BCUT2D eigenvalue weighted by molar-refractivity contribution is 0.504. The van der Waals surface area contributed by atoms with E-state index >= 15 is 0 Å². The topological polar surface area (TPSA) is 60.2 Å². The van der Waals surface area contributed by atoms with Crippen molar-refractivity contribution in [2.45, 2.75) is 10.6 Å². The molecule has 2 aromatic rings. The molecular formula is C13H11F2NO2S. The van der Waals surface area contributed by atoms with Gasteiger partial charge >= 0.3 is 0 Å². The van der Waals surface area contributed by atoms with Gasteiger partial charge in [0.25, 0.3) is 0 Å². The summed E-state index contributed by atoms with van der Waals surface area (Å²) >= 11 is 0. The fourth-order valence-corrected chi connectivity index (χ4v) is 3.00. The van der Waals surface area contributed by atoms with Gasteiger partial charge in [-0.1, -0.05) is 12.1 Å². The highest BCUT2D eigenvalue weighted by molar-refractivity contribution is 7.90. The van der Waals surface area contributed by atoms with E-state index in [-0.39, 0.29) is 10.6 Å². The molecule has 2 rings (SSSR count). The zero-order valence-electron chi connectivity index (χ0n) is 9.81. The van der Waals surface area contributed by atoms with Gasteiger partial charge in [0.15, 0.2) is 21.5 Å². The van der Waals surface area contributed by atoms with Crippen LogP contribution in [0.2, 0.25) is 0 Å². The molecule has 3 nitrogen and oxygen atoms in total. The third kappa shape index (κ3) is 3.08. The number of halogens is 2. The third-order valence-electron chi connectivity index (χ3n) is 2.56. The molecule has 0 fully saturated rings. The molecule has 0 amide bonds. The highest BCUT2D eigenvalue weighted by Crippen LogP contribution is 2.19. The van der Waals surface area contributed by atoms with E-state index in [4.69, 9.17) is 5.73 Å². The summed E-state index contributed by atoms with van der Waals surface area (Å²) in [7, 11) is -3.73. The molecule has 0 atom stereocenters. The molecule has 0 heterocycles. The third-order valence-corrected chi connectivity index (χ3v) is 4.24. The van der Waals surface area contributed by atoms with Crippen molar-refractivity contribution < 1.29 is 17.2 Å². The van der Waals surface area contributed by atoms with E-state index in [1.54, 1.807) is 18.2 Å². The summed E-state index contributed by atoms with van der Waals surface area (Å²) in [6, 6.07) is 8.91. The Morgan fingerprint density at radius 3 is 2.37 bits per heavy atom. The van der Waals surface area contributed by atoms with E-state index in [0.717, 1.165) is 12.1 Å². The summed E-state index contributed by atoms with van der Waals surface area (Å²) in [4.78, 5) is -0.256. The van der Waals surface area contributed by atoms with Crippen LogP contribution in [0.5, 0.6) is 0 Å². The normalized spacial score (nSPS) is 11.5. The van der Waals surface area contributed by atoms with Crippen LogP contribution >= 0.6 is 0 Å². The van der Waals surface area contributed by atoms with E-state index in [1.807, 2.05) is 0 Å². The van der Waals surface area contributed by atoms with Gasteiger partial charge in [-0.25, -0.2) is 17.2 Å². The fourth-order valence-electron chi connectivity index (χ4n) is 1.66. The predicted octanol–water partition coefficient (Wildman–Crippen LogP) is 2.52. The van der Waals surface area contributed by atoms with Crippen LogP contribution in [0.3, 0.4) is 0 Å². The van der Waals surface area contributed by atoms with Crippen molar-refractivity contribution in [2.24, 2.45) is 0 Å². The first-order valence-electron chi connectivity index (χ1n) is 5.41. The van der Waals surface area contributed by atoms with E-state index in [0.29, 0.717) is 17.3 Å². The molecular weight excluding hydrogens is 272 g/mol. The molecule has 0 spiro atoms. The van der Waals surface area contributed by atoms with Crippen molar-refractivity contribution in [3.63, 3.8) is 0 Å². The predicted molar refractivity (Wildman–Crippen MR) is 68.1 cm³/mol. The molecule has 0 saturated heterocycles. The number of sulfone groups is 1. The molecule has 0 saturated carbocycles. The zero-order chi connectivity index (χ0) is 14.0. The zero-order valence-corrected chi connectivity index (χ0v) is 10.6. The molecule has 0 aliphatic rings. The van der Waals surface area contributed by atoms with Crippen LogP contribution in [-0.2, 0) is 15.6 Å². The first kappa shape index (κ1) is 13.5. The number of nitrogen functional groups attached to an aromatic ring is 1. The van der Waals surface area contributed by atoms with Crippen LogP contribution < -0.4 is 5.73 Å². The Morgan fingerprint density at radius 1 is 1.00 bits per heavy atom. The first-order chi connectivity index (χ1) is 8.88. The van der Waals surface area contributed by atoms with E-state index in [9.17, 15) is 17.2 Å². The molecule has 0 bridgehead atoms. The SMILES string of the molecule is Nc1cccc(CS(=O)(=O)c2ccc(F)c(F)c2)c1. The second-order valence-electron chi connectivity index (χ2n) is 4.08. The fraction of sp³-hybridized carbons (Fsp3) is 0.0769. The van der Waals surface area contributed by atoms with Gasteiger partial charge in [-0.2, -0.15) is 0 Å². The van der Waals surface area contributed by atoms with Crippen molar-refractivity contribution in [2.75, 3.05) is 5.73 Å². The van der Waals surface area contributed by atoms with Crippen molar-refractivity contribution in [3.05, 3.63) is 59.7 Å². The Balaban J connectivity index is 2.35. The number of hydrogen-bond donors (Lipinski definition) is 1. The van der Waals surface area contributed by atoms with E-state index < -0.39 is 21.5 Å². The van der Waals surface area contributed by atoms with Crippen LogP contribution in [0.15, 0.2) is 47.4 Å². The van der Waals surface area contributed by atoms with Crippen LogP contribution in [0.1, 0.15) is 5.56 Å². The molecule has 2 aromatic carbocycles. The lowest BCUT2D eigenvalue weighted by Gasteiger charge is -2.06. The summed E-state index contributed by atoms with van der Waals surface area (Å²) < 4.78 is 49.9. The number of anilines is 1. The van der Waals surface area contributed by atoms with Gasteiger partial charge in [0.05, 0.1) is 10.6 Å². The molecule has 100 valence electrons. The minimum atomic E-state index is -3.73. The quantitative estimate of drug-likeness (QED) is 0.695. The van der Waals surface area contributed by atoms with Gasteiger partial charge in [0.2, 0.25) is 0 Å². The van der Waals surface area contributed by atoms with E-state index in [1.165, 1.54) is 6.07 Å². The molecule has 0 aliphatic carbocycles. The number of hydrogen-bond acceptors (Lipinski definition) is 3. The lowest BCUT2D eigenvalue weighted by atomic mass is 10.2. The van der Waals surface area contributed by atoms with E-state index in [2.05, 4.69) is 0 Å². The molecule has 0 radical (unpaired) electrons. The molecule has 0 aliphatic heterocycles. The number of rotatable bonds is 3. The standard InChI is InChI=1S/C13H11F2NO2S/c14-12-5-4-11(7-13(12)15)19(17,18)8-9-2-1-3-10(16)6-9/h1-7H,8,16H2. The maximum atomic E-state index is 13.1. The van der Waals surface area contributed by atoms with Gasteiger partial charge in [-0.3, -0.25) is 0 Å². The Hall–Kier alpha value is -1.95. The molecule has 6 heteroatoms. The van der Waals surface area contributed by atoms with Gasteiger partial charge in [-0.05, 0) is 35.9 Å². The molecule has 0 aromatic heterocycles. The van der Waals surface area contributed by atoms with Crippen molar-refractivity contribution in [1.82, 2.24) is 0 Å². The molecule has 0 unspecified atom stereocenters. The Morgan fingerprint density at radius 2 is 1.74 bits per heavy atom. The van der Waals surface area contributed by atoms with Crippen molar-refractivity contribution >= 4 is 15.5 Å². The van der Waals surface area contributed by atoms with Crippen molar-refractivity contribution in [1.29, 1.82) is 0 Å². The molecule has 2 N–H and O–H groups in total. The maximum Gasteiger partial charge on any atom is 0.182 e. The average molecular weight is 283 g/mol. The summed E-state index contributed by atoms with van der Waals surface area (Å²) in [5.74, 6) is -2.58. The van der Waals surface area contributed by atoms with Gasteiger partial charge in [-0.15, -0.1) is 0 Å². The van der Waals surface area contributed by atoms with Crippen molar-refractivity contribution in [3.8, 4) is 0 Å². The van der Waals surface area contributed by atoms with Crippen LogP contribution in [0.4, 0.5) is 14.5 Å². The summed E-state index contributed by atoms with van der Waals surface area (Å²) in [6.07, 6.45) is 0. The van der Waals surface area contributed by atoms with Gasteiger partial charge < -0.3 is 5.73 Å². The summed E-state index contributed by atoms with van der Waals surface area (Å²) in [5, 5.41) is 0. The molecule has 19 heavy (non-hydrogen) atoms. The van der Waals surface area contributed by atoms with Gasteiger partial charge in [0.1, 0.15) is 0 Å². The second-order valence-corrected chi connectivity index (χ2v) is 6.07. The number of benzene rings is 2. The van der Waals surface area contributed by atoms with Gasteiger partial charge in [0, 0.05) is 5.69 Å². The maximum absolute atomic E-state index is 13.1. The lowest BCUT2D eigenvalue weighted by Crippen LogP contribution is -2.06.